The highest BCUT2D eigenvalue weighted by Gasteiger charge is 2.21. The Bertz CT molecular complexity index is 357. The molecule has 2 rings (SSSR count). The standard InChI is InChI=1S/C11H13NS/c1-4-12-9(3)13-11-6-5-8(2)7-10(11)12/h5-7H,3-4H2,1-2H3. The van der Waals surface area contributed by atoms with E-state index in [1.165, 1.54) is 16.1 Å². The molecule has 1 heterocycles. The van der Waals surface area contributed by atoms with Crippen LogP contribution < -0.4 is 4.90 Å². The van der Waals surface area contributed by atoms with E-state index in [9.17, 15) is 0 Å². The second-order valence-electron chi connectivity index (χ2n) is 3.21. The molecule has 0 saturated carbocycles. The summed E-state index contributed by atoms with van der Waals surface area (Å²) in [4.78, 5) is 3.59. The van der Waals surface area contributed by atoms with Gasteiger partial charge in [0, 0.05) is 11.4 Å². The van der Waals surface area contributed by atoms with Crippen molar-refractivity contribution in [3.8, 4) is 0 Å². The summed E-state index contributed by atoms with van der Waals surface area (Å²) in [5, 5.41) is 1.14. The third kappa shape index (κ3) is 1.35. The minimum atomic E-state index is 1.00. The summed E-state index contributed by atoms with van der Waals surface area (Å²) >= 11 is 1.76. The molecule has 1 nitrogen and oxygen atoms in total. The summed E-state index contributed by atoms with van der Waals surface area (Å²) in [7, 11) is 0. The van der Waals surface area contributed by atoms with E-state index in [1.807, 2.05) is 0 Å². The molecule has 68 valence electrons. The fourth-order valence-corrected chi connectivity index (χ4v) is 2.59. The summed E-state index contributed by atoms with van der Waals surface area (Å²) in [6, 6.07) is 6.55. The number of hydrogen-bond donors (Lipinski definition) is 0. The first-order valence-corrected chi connectivity index (χ1v) is 5.29. The first kappa shape index (κ1) is 8.70. The van der Waals surface area contributed by atoms with Crippen molar-refractivity contribution in [1.29, 1.82) is 0 Å². The second-order valence-corrected chi connectivity index (χ2v) is 4.33. The molecule has 0 atom stereocenters. The van der Waals surface area contributed by atoms with Crippen LogP contribution >= 0.6 is 11.8 Å². The Balaban J connectivity index is 2.50. The Labute approximate surface area is 83.4 Å². The number of aryl methyl sites for hydroxylation is 1. The van der Waals surface area contributed by atoms with Gasteiger partial charge in [0.15, 0.2) is 0 Å². The number of rotatable bonds is 1. The molecule has 0 amide bonds. The summed E-state index contributed by atoms with van der Waals surface area (Å²) in [6.07, 6.45) is 0. The van der Waals surface area contributed by atoms with Crippen LogP contribution in [0.1, 0.15) is 12.5 Å². The third-order valence-electron chi connectivity index (χ3n) is 2.25. The van der Waals surface area contributed by atoms with Crippen molar-refractivity contribution in [2.24, 2.45) is 0 Å². The lowest BCUT2D eigenvalue weighted by molar-refractivity contribution is 1.00. The molecule has 0 aliphatic carbocycles. The SMILES string of the molecule is C=C1Sc2ccc(C)cc2N1CC. The van der Waals surface area contributed by atoms with Gasteiger partial charge in [-0.15, -0.1) is 0 Å². The quantitative estimate of drug-likeness (QED) is 0.669. The third-order valence-corrected chi connectivity index (χ3v) is 3.27. The van der Waals surface area contributed by atoms with Crippen molar-refractivity contribution in [2.45, 2.75) is 18.7 Å². The average Bonchev–Trinajstić information content (AvgIpc) is 2.40. The maximum atomic E-state index is 4.04. The molecule has 1 aliphatic rings. The van der Waals surface area contributed by atoms with Crippen molar-refractivity contribution in [2.75, 3.05) is 11.4 Å². The summed E-state index contributed by atoms with van der Waals surface area (Å²) in [6.45, 7) is 9.32. The molecule has 0 spiro atoms. The van der Waals surface area contributed by atoms with Gasteiger partial charge in [0.25, 0.3) is 0 Å². The smallest absolute Gasteiger partial charge is 0.0728 e. The Hall–Kier alpha value is -0.890. The summed E-state index contributed by atoms with van der Waals surface area (Å²) in [5.41, 5.74) is 2.63. The maximum Gasteiger partial charge on any atom is 0.0728 e. The molecule has 0 radical (unpaired) electrons. The highest BCUT2D eigenvalue weighted by Crippen LogP contribution is 2.44. The van der Waals surface area contributed by atoms with Gasteiger partial charge < -0.3 is 4.90 Å². The topological polar surface area (TPSA) is 3.24 Å². The van der Waals surface area contributed by atoms with Crippen LogP contribution in [0.4, 0.5) is 5.69 Å². The number of hydrogen-bond acceptors (Lipinski definition) is 2. The van der Waals surface area contributed by atoms with Gasteiger partial charge in [-0.05, 0) is 31.5 Å². The van der Waals surface area contributed by atoms with E-state index in [0.29, 0.717) is 0 Å². The zero-order valence-electron chi connectivity index (χ0n) is 8.00. The van der Waals surface area contributed by atoms with E-state index in [-0.39, 0.29) is 0 Å². The zero-order valence-corrected chi connectivity index (χ0v) is 8.82. The van der Waals surface area contributed by atoms with Gasteiger partial charge >= 0.3 is 0 Å². The van der Waals surface area contributed by atoms with Crippen molar-refractivity contribution in [1.82, 2.24) is 0 Å². The Morgan fingerprint density at radius 1 is 1.46 bits per heavy atom. The Kier molecular flexibility index (Phi) is 2.08. The molecule has 0 unspecified atom stereocenters. The van der Waals surface area contributed by atoms with Gasteiger partial charge in [0.2, 0.25) is 0 Å². The van der Waals surface area contributed by atoms with Crippen LogP contribution in [0.2, 0.25) is 0 Å². The molecule has 13 heavy (non-hydrogen) atoms. The van der Waals surface area contributed by atoms with E-state index < -0.39 is 0 Å². The lowest BCUT2D eigenvalue weighted by atomic mass is 10.2. The van der Waals surface area contributed by atoms with Crippen LogP contribution in [-0.2, 0) is 0 Å². The highest BCUT2D eigenvalue weighted by molar-refractivity contribution is 8.03. The van der Waals surface area contributed by atoms with E-state index in [4.69, 9.17) is 0 Å². The lowest BCUT2D eigenvalue weighted by Crippen LogP contribution is -2.15. The van der Waals surface area contributed by atoms with Gasteiger partial charge in [-0.25, -0.2) is 0 Å². The Morgan fingerprint density at radius 3 is 2.92 bits per heavy atom. The molecule has 2 heteroatoms. The van der Waals surface area contributed by atoms with E-state index in [1.54, 1.807) is 11.8 Å². The summed E-state index contributed by atoms with van der Waals surface area (Å²) < 4.78 is 0. The van der Waals surface area contributed by atoms with Crippen molar-refractivity contribution in [3.63, 3.8) is 0 Å². The molecular weight excluding hydrogens is 178 g/mol. The van der Waals surface area contributed by atoms with Gasteiger partial charge in [-0.2, -0.15) is 0 Å². The molecule has 0 N–H and O–H groups in total. The van der Waals surface area contributed by atoms with Crippen molar-refractivity contribution < 1.29 is 0 Å². The first-order chi connectivity index (χ1) is 6.22. The zero-order chi connectivity index (χ0) is 9.42. The molecule has 1 aromatic carbocycles. The minimum absolute atomic E-state index is 1.00. The van der Waals surface area contributed by atoms with Gasteiger partial charge in [0.1, 0.15) is 0 Å². The molecule has 1 aliphatic heterocycles. The molecule has 1 aromatic rings. The van der Waals surface area contributed by atoms with E-state index in [2.05, 4.69) is 43.5 Å². The van der Waals surface area contributed by atoms with Gasteiger partial charge in [-0.1, -0.05) is 24.4 Å². The van der Waals surface area contributed by atoms with E-state index in [0.717, 1.165) is 11.6 Å². The highest BCUT2D eigenvalue weighted by atomic mass is 32.2. The average molecular weight is 191 g/mol. The molecular formula is C11H13NS. The molecule has 0 aromatic heterocycles. The minimum Gasteiger partial charge on any atom is -0.336 e. The van der Waals surface area contributed by atoms with Crippen LogP contribution in [0.5, 0.6) is 0 Å². The number of thioether (sulfide) groups is 1. The van der Waals surface area contributed by atoms with Crippen LogP contribution in [-0.4, -0.2) is 6.54 Å². The van der Waals surface area contributed by atoms with Crippen LogP contribution in [0.15, 0.2) is 34.7 Å². The maximum absolute atomic E-state index is 4.04. The predicted octanol–water partition coefficient (Wildman–Crippen LogP) is 3.40. The van der Waals surface area contributed by atoms with Crippen LogP contribution in [0, 0.1) is 6.92 Å². The molecule has 0 bridgehead atoms. The normalized spacial score (nSPS) is 14.9. The molecule has 0 saturated heterocycles. The lowest BCUT2D eigenvalue weighted by Gasteiger charge is -2.16. The summed E-state index contributed by atoms with van der Waals surface area (Å²) in [5.74, 6) is 0. The van der Waals surface area contributed by atoms with Crippen LogP contribution in [0.3, 0.4) is 0 Å². The fourth-order valence-electron chi connectivity index (χ4n) is 1.59. The number of benzene rings is 1. The van der Waals surface area contributed by atoms with Crippen LogP contribution in [0.25, 0.3) is 0 Å². The number of fused-ring (bicyclic) bond motifs is 1. The van der Waals surface area contributed by atoms with Gasteiger partial charge in [0.05, 0.1) is 10.7 Å². The Morgan fingerprint density at radius 2 is 2.23 bits per heavy atom. The monoisotopic (exact) mass is 191 g/mol. The second kappa shape index (κ2) is 3.11. The first-order valence-electron chi connectivity index (χ1n) is 4.47. The largest absolute Gasteiger partial charge is 0.336 e. The van der Waals surface area contributed by atoms with E-state index >= 15 is 0 Å². The van der Waals surface area contributed by atoms with Gasteiger partial charge in [-0.3, -0.25) is 0 Å². The van der Waals surface area contributed by atoms with Crippen molar-refractivity contribution in [3.05, 3.63) is 35.4 Å². The molecule has 0 fully saturated rings. The number of nitrogens with zero attached hydrogens (tertiary/aromatic N) is 1. The fraction of sp³-hybridized carbons (Fsp3) is 0.273. The number of anilines is 1. The predicted molar refractivity (Wildman–Crippen MR) is 59.2 cm³/mol. The van der Waals surface area contributed by atoms with Crippen molar-refractivity contribution >= 4 is 17.4 Å².